The van der Waals surface area contributed by atoms with Crippen molar-refractivity contribution < 1.29 is 4.74 Å². The van der Waals surface area contributed by atoms with E-state index in [1.807, 2.05) is 37.3 Å². The van der Waals surface area contributed by atoms with Crippen LogP contribution in [0.25, 0.3) is 0 Å². The molecule has 0 spiro atoms. The lowest BCUT2D eigenvalue weighted by atomic mass is 10.2. The molecule has 0 aliphatic heterocycles. The van der Waals surface area contributed by atoms with Crippen molar-refractivity contribution in [3.8, 4) is 23.7 Å². The number of rotatable bonds is 2. The van der Waals surface area contributed by atoms with Gasteiger partial charge in [0.1, 0.15) is 5.75 Å². The molecular formula is C12H11NO. The summed E-state index contributed by atoms with van der Waals surface area (Å²) in [5, 5.41) is 8.29. The van der Waals surface area contributed by atoms with Gasteiger partial charge >= 0.3 is 0 Å². The molecule has 0 heterocycles. The highest BCUT2D eigenvalue weighted by Crippen LogP contribution is 2.10. The largest absolute Gasteiger partial charge is 0.494 e. The Bertz CT molecular complexity index is 376. The van der Waals surface area contributed by atoms with Crippen molar-refractivity contribution in [2.75, 3.05) is 6.61 Å². The Kier molecular flexibility index (Phi) is 4.11. The summed E-state index contributed by atoms with van der Waals surface area (Å²) < 4.78 is 5.29. The van der Waals surface area contributed by atoms with E-state index in [1.54, 1.807) is 0 Å². The van der Waals surface area contributed by atoms with Crippen molar-refractivity contribution in [3.63, 3.8) is 0 Å². The van der Waals surface area contributed by atoms with Crippen LogP contribution in [0, 0.1) is 23.2 Å². The highest BCUT2D eigenvalue weighted by Gasteiger charge is 1.90. The fourth-order valence-corrected chi connectivity index (χ4v) is 0.987. The molecule has 0 aromatic heterocycles. The molecule has 1 rings (SSSR count). The van der Waals surface area contributed by atoms with Crippen molar-refractivity contribution in [1.29, 1.82) is 5.26 Å². The number of benzene rings is 1. The summed E-state index contributed by atoms with van der Waals surface area (Å²) in [6.07, 6.45) is 0.271. The van der Waals surface area contributed by atoms with E-state index < -0.39 is 0 Å². The molecule has 0 N–H and O–H groups in total. The Balaban J connectivity index is 2.66. The van der Waals surface area contributed by atoms with E-state index in [4.69, 9.17) is 10.00 Å². The van der Waals surface area contributed by atoms with Crippen LogP contribution in [0.2, 0.25) is 0 Å². The van der Waals surface area contributed by atoms with Gasteiger partial charge in [-0.2, -0.15) is 5.26 Å². The van der Waals surface area contributed by atoms with Gasteiger partial charge in [-0.3, -0.25) is 0 Å². The molecule has 1 aromatic carbocycles. The first-order valence-corrected chi connectivity index (χ1v) is 4.45. The van der Waals surface area contributed by atoms with Crippen LogP contribution >= 0.6 is 0 Å². The molecule has 0 aliphatic rings. The highest BCUT2D eigenvalue weighted by molar-refractivity contribution is 5.38. The molecule has 0 saturated carbocycles. The minimum Gasteiger partial charge on any atom is -0.494 e. The summed E-state index contributed by atoms with van der Waals surface area (Å²) in [5.41, 5.74) is 0.906. The molecule has 0 atom stereocenters. The van der Waals surface area contributed by atoms with Gasteiger partial charge in [0.05, 0.1) is 19.1 Å². The van der Waals surface area contributed by atoms with Crippen LogP contribution in [0.15, 0.2) is 24.3 Å². The lowest BCUT2D eigenvalue weighted by Gasteiger charge is -2.01. The molecule has 2 heteroatoms. The first-order chi connectivity index (χ1) is 6.86. The van der Waals surface area contributed by atoms with Crippen LogP contribution in [0.5, 0.6) is 5.75 Å². The predicted octanol–water partition coefficient (Wildman–Crippen LogP) is 2.35. The lowest BCUT2D eigenvalue weighted by Crippen LogP contribution is -1.90. The van der Waals surface area contributed by atoms with Crippen molar-refractivity contribution in [2.24, 2.45) is 0 Å². The number of hydrogen-bond acceptors (Lipinski definition) is 2. The maximum absolute atomic E-state index is 8.29. The zero-order valence-corrected chi connectivity index (χ0v) is 8.08. The van der Waals surface area contributed by atoms with Crippen LogP contribution in [0.1, 0.15) is 18.9 Å². The summed E-state index contributed by atoms with van der Waals surface area (Å²) in [6.45, 7) is 2.61. The predicted molar refractivity (Wildman–Crippen MR) is 54.7 cm³/mol. The Morgan fingerprint density at radius 2 is 2.00 bits per heavy atom. The van der Waals surface area contributed by atoms with Gasteiger partial charge in [-0.05, 0) is 31.2 Å². The lowest BCUT2D eigenvalue weighted by molar-refractivity contribution is 0.340. The van der Waals surface area contributed by atoms with Gasteiger partial charge in [-0.15, -0.1) is 0 Å². The second-order valence-electron chi connectivity index (χ2n) is 2.59. The minimum atomic E-state index is 0.271. The molecule has 0 bridgehead atoms. The molecule has 0 saturated heterocycles. The standard InChI is InChI=1S/C12H11NO/c1-2-14-12-8-6-11(7-9-12)5-3-4-10-13/h6-9H,2,4H2,1H3. The summed E-state index contributed by atoms with van der Waals surface area (Å²) >= 11 is 0. The molecule has 0 radical (unpaired) electrons. The van der Waals surface area contributed by atoms with Gasteiger partial charge in [0.2, 0.25) is 0 Å². The molecule has 0 amide bonds. The van der Waals surface area contributed by atoms with Gasteiger partial charge < -0.3 is 4.74 Å². The third-order valence-corrected chi connectivity index (χ3v) is 1.57. The molecule has 14 heavy (non-hydrogen) atoms. The maximum atomic E-state index is 8.29. The normalized spacial score (nSPS) is 8.29. The van der Waals surface area contributed by atoms with Gasteiger partial charge in [0, 0.05) is 5.56 Å². The molecule has 70 valence electrons. The Hall–Kier alpha value is -1.93. The molecule has 2 nitrogen and oxygen atoms in total. The van der Waals surface area contributed by atoms with E-state index in [1.165, 1.54) is 0 Å². The number of hydrogen-bond donors (Lipinski definition) is 0. The number of nitrogens with zero attached hydrogens (tertiary/aromatic N) is 1. The van der Waals surface area contributed by atoms with Crippen LogP contribution < -0.4 is 4.74 Å². The van der Waals surface area contributed by atoms with Crippen LogP contribution in [-0.2, 0) is 0 Å². The van der Waals surface area contributed by atoms with Crippen LogP contribution in [-0.4, -0.2) is 6.61 Å². The van der Waals surface area contributed by atoms with Gasteiger partial charge in [-0.1, -0.05) is 11.8 Å². The fourth-order valence-electron chi connectivity index (χ4n) is 0.987. The molecule has 0 unspecified atom stereocenters. The summed E-state index contributed by atoms with van der Waals surface area (Å²) in [6, 6.07) is 9.49. The van der Waals surface area contributed by atoms with E-state index in [0.717, 1.165) is 11.3 Å². The average molecular weight is 185 g/mol. The quantitative estimate of drug-likeness (QED) is 0.662. The zero-order chi connectivity index (χ0) is 10.2. The number of nitriles is 1. The van der Waals surface area contributed by atoms with E-state index >= 15 is 0 Å². The smallest absolute Gasteiger partial charge is 0.119 e. The number of ether oxygens (including phenoxy) is 1. The second-order valence-corrected chi connectivity index (χ2v) is 2.59. The molecule has 0 aliphatic carbocycles. The molecule has 0 fully saturated rings. The third kappa shape index (κ3) is 3.21. The third-order valence-electron chi connectivity index (χ3n) is 1.57. The molecular weight excluding hydrogens is 174 g/mol. The first kappa shape index (κ1) is 10.2. The van der Waals surface area contributed by atoms with Crippen LogP contribution in [0.3, 0.4) is 0 Å². The minimum absolute atomic E-state index is 0.271. The van der Waals surface area contributed by atoms with E-state index in [-0.39, 0.29) is 6.42 Å². The van der Waals surface area contributed by atoms with Crippen molar-refractivity contribution in [2.45, 2.75) is 13.3 Å². The van der Waals surface area contributed by atoms with Gasteiger partial charge in [-0.25, -0.2) is 0 Å². The first-order valence-electron chi connectivity index (χ1n) is 4.45. The monoisotopic (exact) mass is 185 g/mol. The SMILES string of the molecule is CCOc1ccc(C#CCC#N)cc1. The summed E-state index contributed by atoms with van der Waals surface area (Å²) in [5.74, 6) is 6.48. The molecule has 1 aromatic rings. The van der Waals surface area contributed by atoms with E-state index in [0.29, 0.717) is 6.61 Å². The Labute approximate surface area is 84.1 Å². The van der Waals surface area contributed by atoms with Crippen LogP contribution in [0.4, 0.5) is 0 Å². The fraction of sp³-hybridized carbons (Fsp3) is 0.250. The Morgan fingerprint density at radius 3 is 2.57 bits per heavy atom. The topological polar surface area (TPSA) is 33.0 Å². The maximum Gasteiger partial charge on any atom is 0.119 e. The summed E-state index contributed by atoms with van der Waals surface area (Å²) in [7, 11) is 0. The Morgan fingerprint density at radius 1 is 1.29 bits per heavy atom. The van der Waals surface area contributed by atoms with E-state index in [2.05, 4.69) is 11.8 Å². The van der Waals surface area contributed by atoms with Crippen molar-refractivity contribution in [1.82, 2.24) is 0 Å². The van der Waals surface area contributed by atoms with E-state index in [9.17, 15) is 0 Å². The summed E-state index contributed by atoms with van der Waals surface area (Å²) in [4.78, 5) is 0. The van der Waals surface area contributed by atoms with Crippen molar-refractivity contribution >= 4 is 0 Å². The highest BCUT2D eigenvalue weighted by atomic mass is 16.5. The van der Waals surface area contributed by atoms with Gasteiger partial charge in [0.25, 0.3) is 0 Å². The van der Waals surface area contributed by atoms with Gasteiger partial charge in [0.15, 0.2) is 0 Å². The zero-order valence-electron chi connectivity index (χ0n) is 8.08. The van der Waals surface area contributed by atoms with Crippen molar-refractivity contribution in [3.05, 3.63) is 29.8 Å². The average Bonchev–Trinajstić information content (AvgIpc) is 2.21. The second kappa shape index (κ2) is 5.67.